The third kappa shape index (κ3) is 4.27. The summed E-state index contributed by atoms with van der Waals surface area (Å²) >= 11 is 6.36. The molecule has 2 unspecified atom stereocenters. The first kappa shape index (κ1) is 18.1. The van der Waals surface area contributed by atoms with Crippen molar-refractivity contribution in [1.29, 1.82) is 0 Å². The van der Waals surface area contributed by atoms with Crippen LogP contribution in [-0.4, -0.2) is 21.3 Å². The van der Waals surface area contributed by atoms with E-state index < -0.39 is 0 Å². The third-order valence-electron chi connectivity index (χ3n) is 4.31. The van der Waals surface area contributed by atoms with Gasteiger partial charge in [-0.1, -0.05) is 39.3 Å². The Kier molecular flexibility index (Phi) is 6.36. The molecule has 0 saturated carbocycles. The first-order valence-corrected chi connectivity index (χ1v) is 7.71. The van der Waals surface area contributed by atoms with Crippen LogP contribution in [0, 0.1) is 11.3 Å². The summed E-state index contributed by atoms with van der Waals surface area (Å²) in [5.74, 6) is 1.88. The van der Waals surface area contributed by atoms with Crippen molar-refractivity contribution in [2.75, 3.05) is 21.3 Å². The summed E-state index contributed by atoms with van der Waals surface area (Å²) in [6.45, 7) is 9.08. The summed E-state index contributed by atoms with van der Waals surface area (Å²) in [6.07, 6.45) is 1.01. The van der Waals surface area contributed by atoms with Crippen LogP contribution in [-0.2, 0) is 0 Å². The zero-order chi connectivity index (χ0) is 16.2. The number of hydrogen-bond donors (Lipinski definition) is 1. The van der Waals surface area contributed by atoms with Crippen molar-refractivity contribution in [1.82, 2.24) is 5.32 Å². The van der Waals surface area contributed by atoms with E-state index in [4.69, 9.17) is 21.1 Å². The summed E-state index contributed by atoms with van der Waals surface area (Å²) in [6, 6.07) is 4.12. The molecule has 0 radical (unpaired) electrons. The summed E-state index contributed by atoms with van der Waals surface area (Å²) in [4.78, 5) is 0. The van der Waals surface area contributed by atoms with Gasteiger partial charge in [0.05, 0.1) is 14.2 Å². The van der Waals surface area contributed by atoms with Crippen molar-refractivity contribution in [3.05, 3.63) is 22.7 Å². The van der Waals surface area contributed by atoms with Crippen LogP contribution in [0.3, 0.4) is 0 Å². The minimum absolute atomic E-state index is 0.192. The van der Waals surface area contributed by atoms with Gasteiger partial charge in [-0.25, -0.2) is 0 Å². The Balaban J connectivity index is 3.14. The van der Waals surface area contributed by atoms with Crippen LogP contribution in [0.4, 0.5) is 0 Å². The van der Waals surface area contributed by atoms with Crippen molar-refractivity contribution < 1.29 is 9.47 Å². The minimum atomic E-state index is 0.192. The quantitative estimate of drug-likeness (QED) is 0.826. The van der Waals surface area contributed by atoms with E-state index in [-0.39, 0.29) is 11.5 Å². The number of rotatable bonds is 6. The Labute approximate surface area is 134 Å². The predicted octanol–water partition coefficient (Wildman–Crippen LogP) is 4.69. The molecule has 3 nitrogen and oxygen atoms in total. The van der Waals surface area contributed by atoms with E-state index in [2.05, 4.69) is 33.0 Å². The average molecular weight is 314 g/mol. The molecule has 0 aliphatic carbocycles. The number of halogens is 1. The molecular formula is C17H28ClNO2. The predicted molar refractivity (Wildman–Crippen MR) is 89.6 cm³/mol. The molecule has 0 aromatic heterocycles. The van der Waals surface area contributed by atoms with Crippen LogP contribution < -0.4 is 14.8 Å². The van der Waals surface area contributed by atoms with Gasteiger partial charge in [-0.05, 0) is 36.9 Å². The van der Waals surface area contributed by atoms with E-state index in [0.29, 0.717) is 22.4 Å². The fourth-order valence-electron chi connectivity index (χ4n) is 2.30. The average Bonchev–Trinajstić information content (AvgIpc) is 2.43. The zero-order valence-electron chi connectivity index (χ0n) is 14.2. The fraction of sp³-hybridized carbons (Fsp3) is 0.647. The first-order chi connectivity index (χ1) is 9.76. The smallest absolute Gasteiger partial charge is 0.146 e. The van der Waals surface area contributed by atoms with E-state index in [1.807, 2.05) is 19.2 Å². The molecule has 0 amide bonds. The van der Waals surface area contributed by atoms with E-state index >= 15 is 0 Å². The molecule has 1 rings (SSSR count). The van der Waals surface area contributed by atoms with Gasteiger partial charge in [-0.3, -0.25) is 0 Å². The van der Waals surface area contributed by atoms with E-state index in [1.165, 1.54) is 0 Å². The number of nitrogens with one attached hydrogen (secondary N) is 1. The highest BCUT2D eigenvalue weighted by molar-refractivity contribution is 6.33. The molecule has 120 valence electrons. The first-order valence-electron chi connectivity index (χ1n) is 7.33. The van der Waals surface area contributed by atoms with Crippen LogP contribution in [0.2, 0.25) is 5.02 Å². The molecule has 4 heteroatoms. The molecule has 21 heavy (non-hydrogen) atoms. The lowest BCUT2D eigenvalue weighted by atomic mass is 9.77. The topological polar surface area (TPSA) is 30.5 Å². The highest BCUT2D eigenvalue weighted by Crippen LogP contribution is 2.42. The molecule has 0 saturated heterocycles. The van der Waals surface area contributed by atoms with Gasteiger partial charge >= 0.3 is 0 Å². The zero-order valence-corrected chi connectivity index (χ0v) is 15.0. The number of ether oxygens (including phenoxy) is 2. The van der Waals surface area contributed by atoms with Gasteiger partial charge in [0, 0.05) is 11.6 Å². The highest BCUT2D eigenvalue weighted by atomic mass is 35.5. The fourth-order valence-corrected chi connectivity index (χ4v) is 2.63. The highest BCUT2D eigenvalue weighted by Gasteiger charge is 2.26. The van der Waals surface area contributed by atoms with Crippen molar-refractivity contribution in [2.45, 2.75) is 40.2 Å². The molecule has 1 aromatic carbocycles. The lowest BCUT2D eigenvalue weighted by Crippen LogP contribution is -2.25. The summed E-state index contributed by atoms with van der Waals surface area (Å²) in [5.41, 5.74) is 1.33. The largest absolute Gasteiger partial charge is 0.495 e. The van der Waals surface area contributed by atoms with Gasteiger partial charge < -0.3 is 14.8 Å². The van der Waals surface area contributed by atoms with Crippen molar-refractivity contribution >= 4 is 11.6 Å². The standard InChI is InChI=1S/C17H28ClNO2/c1-11(17(2,3)4)10-13(19-5)12-8-9-14(20-6)15(18)16(12)21-7/h8-9,11,13,19H,10H2,1-7H3. The monoisotopic (exact) mass is 313 g/mol. The van der Waals surface area contributed by atoms with Crippen molar-refractivity contribution in [2.24, 2.45) is 11.3 Å². The lowest BCUT2D eigenvalue weighted by Gasteiger charge is -2.31. The third-order valence-corrected chi connectivity index (χ3v) is 4.67. The Bertz CT molecular complexity index is 469. The van der Waals surface area contributed by atoms with Gasteiger partial charge in [0.2, 0.25) is 0 Å². The number of benzene rings is 1. The normalized spacial score (nSPS) is 14.7. The van der Waals surface area contributed by atoms with E-state index in [9.17, 15) is 0 Å². The number of hydrogen-bond acceptors (Lipinski definition) is 3. The maximum Gasteiger partial charge on any atom is 0.146 e. The Morgan fingerprint density at radius 1 is 1.19 bits per heavy atom. The van der Waals surface area contributed by atoms with Crippen LogP contribution >= 0.6 is 11.6 Å². The van der Waals surface area contributed by atoms with Gasteiger partial charge in [0.1, 0.15) is 16.5 Å². The Morgan fingerprint density at radius 3 is 2.24 bits per heavy atom. The van der Waals surface area contributed by atoms with E-state index in [1.54, 1.807) is 14.2 Å². The second-order valence-electron chi connectivity index (χ2n) is 6.55. The Morgan fingerprint density at radius 2 is 1.81 bits per heavy atom. The summed E-state index contributed by atoms with van der Waals surface area (Å²) in [5, 5.41) is 3.91. The molecule has 0 spiro atoms. The van der Waals surface area contributed by atoms with Crippen LogP contribution in [0.25, 0.3) is 0 Å². The maximum atomic E-state index is 6.36. The van der Waals surface area contributed by atoms with Crippen LogP contribution in [0.1, 0.15) is 45.7 Å². The number of methoxy groups -OCH3 is 2. The van der Waals surface area contributed by atoms with Gasteiger partial charge in [0.15, 0.2) is 0 Å². The molecule has 0 heterocycles. The molecule has 0 aliphatic rings. The molecule has 0 aliphatic heterocycles. The van der Waals surface area contributed by atoms with Crippen LogP contribution in [0.15, 0.2) is 12.1 Å². The molecule has 0 fully saturated rings. The van der Waals surface area contributed by atoms with Gasteiger partial charge in [-0.2, -0.15) is 0 Å². The second kappa shape index (κ2) is 7.37. The minimum Gasteiger partial charge on any atom is -0.495 e. The van der Waals surface area contributed by atoms with Crippen LogP contribution in [0.5, 0.6) is 11.5 Å². The van der Waals surface area contributed by atoms with E-state index in [0.717, 1.165) is 12.0 Å². The van der Waals surface area contributed by atoms with Crippen molar-refractivity contribution in [3.8, 4) is 11.5 Å². The molecule has 2 atom stereocenters. The van der Waals surface area contributed by atoms with Gasteiger partial charge in [0.25, 0.3) is 0 Å². The molecule has 0 bridgehead atoms. The lowest BCUT2D eigenvalue weighted by molar-refractivity contribution is 0.224. The maximum absolute atomic E-state index is 6.36. The Hall–Kier alpha value is -0.930. The SMILES string of the molecule is CNC(CC(C)C(C)(C)C)c1ccc(OC)c(Cl)c1OC. The molecule has 1 aromatic rings. The summed E-state index contributed by atoms with van der Waals surface area (Å²) < 4.78 is 10.8. The molecule has 1 N–H and O–H groups in total. The summed E-state index contributed by atoms with van der Waals surface area (Å²) in [7, 11) is 5.22. The van der Waals surface area contributed by atoms with Crippen molar-refractivity contribution in [3.63, 3.8) is 0 Å². The van der Waals surface area contributed by atoms with Gasteiger partial charge in [-0.15, -0.1) is 0 Å². The second-order valence-corrected chi connectivity index (χ2v) is 6.93. The molecular weight excluding hydrogens is 286 g/mol.